The fraction of sp³-hybridized carbons (Fsp3) is 0.842. The zero-order chi connectivity index (χ0) is 21.7. The van der Waals surface area contributed by atoms with Crippen LogP contribution in [-0.2, 0) is 14.3 Å². The first-order valence-electron chi connectivity index (χ1n) is 10.1. The van der Waals surface area contributed by atoms with Crippen molar-refractivity contribution in [3.8, 4) is 0 Å². The van der Waals surface area contributed by atoms with Crippen LogP contribution in [0.3, 0.4) is 0 Å². The summed E-state index contributed by atoms with van der Waals surface area (Å²) < 4.78 is 10.7. The van der Waals surface area contributed by atoms with Crippen LogP contribution in [0, 0.1) is 0 Å². The van der Waals surface area contributed by atoms with Crippen molar-refractivity contribution in [1.29, 1.82) is 0 Å². The van der Waals surface area contributed by atoms with Gasteiger partial charge in [-0.05, 0) is 13.3 Å². The minimum atomic E-state index is -1.33. The van der Waals surface area contributed by atoms with E-state index in [1.165, 1.54) is 6.04 Å². The second kappa shape index (κ2) is 10.2. The Labute approximate surface area is 171 Å². The fourth-order valence-electron chi connectivity index (χ4n) is 5.50. The molecule has 0 aromatic carbocycles. The molecule has 1 N–H and O–H groups in total. The van der Waals surface area contributed by atoms with Crippen molar-refractivity contribution in [1.82, 2.24) is 0 Å². The van der Waals surface area contributed by atoms with Crippen molar-refractivity contribution in [2.24, 2.45) is 0 Å². The molecule has 160 valence electrons. The first-order valence-corrected chi connectivity index (χ1v) is 25.8. The Hall–Kier alpha value is -0.00247. The second-order valence-corrected chi connectivity index (χ2v) is 52.4. The molecule has 0 heterocycles. The van der Waals surface area contributed by atoms with Gasteiger partial charge in [-0.3, -0.25) is 0 Å². The van der Waals surface area contributed by atoms with Gasteiger partial charge in [-0.15, -0.1) is 0 Å². The van der Waals surface area contributed by atoms with E-state index < -0.39 is 41.5 Å². The summed E-state index contributed by atoms with van der Waals surface area (Å²) in [7, 11) is -3.70. The summed E-state index contributed by atoms with van der Waals surface area (Å²) in [5.74, 6) is -0.467. The smallest absolute Gasteiger partial charge is 0.333 e. The van der Waals surface area contributed by atoms with Gasteiger partial charge in [0.1, 0.15) is 12.7 Å². The van der Waals surface area contributed by atoms with Crippen LogP contribution >= 0.6 is 0 Å². The van der Waals surface area contributed by atoms with Gasteiger partial charge in [0.2, 0.25) is 0 Å². The lowest BCUT2D eigenvalue weighted by Crippen LogP contribution is -2.82. The Bertz CT molecular complexity index is 465. The van der Waals surface area contributed by atoms with Crippen molar-refractivity contribution in [3.05, 3.63) is 12.2 Å². The molecule has 0 aliphatic carbocycles. The quantitative estimate of drug-likeness (QED) is 0.206. The highest BCUT2D eigenvalue weighted by molar-refractivity contribution is 7.89. The highest BCUT2D eigenvalue weighted by atomic mass is 29.9. The van der Waals surface area contributed by atoms with E-state index in [-0.39, 0.29) is 13.2 Å². The Morgan fingerprint density at radius 2 is 1.37 bits per heavy atom. The van der Waals surface area contributed by atoms with Gasteiger partial charge in [-0.25, -0.2) is 4.79 Å². The molecule has 0 rings (SSSR count). The Kier molecular flexibility index (Phi) is 10.2. The zero-order valence-corrected chi connectivity index (χ0v) is 23.5. The van der Waals surface area contributed by atoms with Gasteiger partial charge >= 0.3 is 5.97 Å². The number of aliphatic hydroxyl groups is 1. The van der Waals surface area contributed by atoms with E-state index in [0.717, 1.165) is 6.42 Å². The van der Waals surface area contributed by atoms with Crippen molar-refractivity contribution in [3.63, 3.8) is 0 Å². The van der Waals surface area contributed by atoms with Gasteiger partial charge in [0, 0.05) is 41.6 Å². The minimum absolute atomic E-state index is 0.0386. The molecule has 0 aliphatic heterocycles. The molecule has 8 heteroatoms. The number of hydrogen-bond donors (Lipinski definition) is 1. The second-order valence-electron chi connectivity index (χ2n) is 10.9. The SMILES string of the molecule is C=C(C)C(=O)OCC(O)COCCC[Si]([Si](C)(C)C)([Si](C)(C)C)[Si](C)(C)C. The topological polar surface area (TPSA) is 55.8 Å². The van der Waals surface area contributed by atoms with Crippen LogP contribution in [0.1, 0.15) is 13.3 Å². The lowest BCUT2D eigenvalue weighted by atomic mass is 10.3. The molecule has 0 saturated carbocycles. The van der Waals surface area contributed by atoms with Crippen molar-refractivity contribution in [2.45, 2.75) is 84.4 Å². The molecule has 0 aromatic rings. The fourth-order valence-corrected chi connectivity index (χ4v) is 105. The Morgan fingerprint density at radius 1 is 0.926 bits per heavy atom. The van der Waals surface area contributed by atoms with Crippen LogP contribution in [0.2, 0.25) is 65.0 Å². The van der Waals surface area contributed by atoms with E-state index in [1.54, 1.807) is 6.92 Å². The van der Waals surface area contributed by atoms with Gasteiger partial charge < -0.3 is 14.6 Å². The Morgan fingerprint density at radius 3 is 1.74 bits per heavy atom. The summed E-state index contributed by atoms with van der Waals surface area (Å²) in [6.45, 7) is 28.1. The van der Waals surface area contributed by atoms with Crippen LogP contribution in [0.15, 0.2) is 12.2 Å². The summed E-state index contributed by atoms with van der Waals surface area (Å²) in [6, 6.07) is 1.37. The molecule has 0 fully saturated rings. The minimum Gasteiger partial charge on any atom is -0.460 e. The first-order chi connectivity index (χ1) is 12.0. The number of aliphatic hydroxyl groups excluding tert-OH is 1. The van der Waals surface area contributed by atoms with Gasteiger partial charge in [0.05, 0.1) is 6.61 Å². The number of esters is 1. The molecular weight excluding hydrogens is 405 g/mol. The first kappa shape index (κ1) is 27.0. The summed E-state index contributed by atoms with van der Waals surface area (Å²) in [4.78, 5) is 11.4. The molecule has 0 spiro atoms. The molecule has 0 amide bonds. The number of carbonyl (C=O) groups is 1. The molecule has 4 nitrogen and oxygen atoms in total. The number of rotatable bonds is 12. The number of ether oxygens (including phenoxy) is 2. The van der Waals surface area contributed by atoms with E-state index in [9.17, 15) is 9.90 Å². The monoisotopic (exact) mass is 448 g/mol. The Balaban J connectivity index is 4.73. The van der Waals surface area contributed by atoms with Gasteiger partial charge in [0.15, 0.2) is 0 Å². The van der Waals surface area contributed by atoms with Crippen LogP contribution in [0.25, 0.3) is 0 Å². The van der Waals surface area contributed by atoms with Crippen LogP contribution in [-0.4, -0.2) is 66.4 Å². The average Bonchev–Trinajstić information content (AvgIpc) is 2.43. The zero-order valence-electron chi connectivity index (χ0n) is 19.5. The average molecular weight is 449 g/mol. The van der Waals surface area contributed by atoms with E-state index in [2.05, 4.69) is 65.5 Å². The lowest BCUT2D eigenvalue weighted by molar-refractivity contribution is -0.143. The summed E-state index contributed by atoms with van der Waals surface area (Å²) in [5, 5.41) is 9.92. The van der Waals surface area contributed by atoms with E-state index in [4.69, 9.17) is 9.47 Å². The molecule has 1 atom stereocenters. The van der Waals surface area contributed by atoms with Crippen LogP contribution in [0.5, 0.6) is 0 Å². The molecule has 0 saturated heterocycles. The molecule has 27 heavy (non-hydrogen) atoms. The standard InChI is InChI=1S/C19H44O4Si4/c1-17(2)19(21)23-16-18(20)15-22-13-12-14-27(24(3,4)5,25(6,7)8)26(9,10)11/h18,20H,1,12-16H2,2-11H3. The summed E-state index contributed by atoms with van der Waals surface area (Å²) in [5.41, 5.74) is 0.341. The maximum atomic E-state index is 11.4. The van der Waals surface area contributed by atoms with Gasteiger partial charge in [0.25, 0.3) is 0 Å². The van der Waals surface area contributed by atoms with E-state index in [0.29, 0.717) is 12.2 Å². The maximum absolute atomic E-state index is 11.4. The van der Waals surface area contributed by atoms with E-state index >= 15 is 0 Å². The molecule has 1 unspecified atom stereocenters. The van der Waals surface area contributed by atoms with Crippen LogP contribution in [0.4, 0.5) is 0 Å². The predicted octanol–water partition coefficient (Wildman–Crippen LogP) is 4.57. The molecule has 0 aliphatic rings. The normalized spacial score (nSPS) is 14.8. The highest BCUT2D eigenvalue weighted by Gasteiger charge is 2.60. The lowest BCUT2D eigenvalue weighted by Gasteiger charge is -2.58. The van der Waals surface area contributed by atoms with Crippen molar-refractivity contribution >= 4 is 35.4 Å². The van der Waals surface area contributed by atoms with E-state index in [1.807, 2.05) is 0 Å². The molecule has 0 bridgehead atoms. The van der Waals surface area contributed by atoms with Gasteiger partial charge in [-0.1, -0.05) is 71.5 Å². The highest BCUT2D eigenvalue weighted by Crippen LogP contribution is 2.40. The maximum Gasteiger partial charge on any atom is 0.333 e. The summed E-state index contributed by atoms with van der Waals surface area (Å²) in [6.07, 6.45) is 0.310. The largest absolute Gasteiger partial charge is 0.460 e. The number of carbonyl (C=O) groups excluding carboxylic acids is 1. The molecule has 0 aromatic heterocycles. The third-order valence-corrected chi connectivity index (χ3v) is 80.3. The third-order valence-electron chi connectivity index (χ3n) is 5.75. The van der Waals surface area contributed by atoms with Gasteiger partial charge in [-0.2, -0.15) is 0 Å². The summed E-state index contributed by atoms with van der Waals surface area (Å²) >= 11 is 0. The third kappa shape index (κ3) is 7.39. The molecular formula is C19H44O4Si4. The van der Waals surface area contributed by atoms with Crippen molar-refractivity contribution < 1.29 is 19.4 Å². The van der Waals surface area contributed by atoms with Crippen molar-refractivity contribution in [2.75, 3.05) is 19.8 Å². The number of hydrogen-bond acceptors (Lipinski definition) is 4. The molecule has 0 radical (unpaired) electrons. The van der Waals surface area contributed by atoms with Crippen LogP contribution < -0.4 is 0 Å². The predicted molar refractivity (Wildman–Crippen MR) is 128 cm³/mol.